The maximum Gasteiger partial charge on any atom is 0.220 e. The minimum absolute atomic E-state index is 0.0824. The third-order valence-electron chi connectivity index (χ3n) is 4.46. The molecule has 0 bridgehead atoms. The topological polar surface area (TPSA) is 63.9 Å². The number of aromatic nitrogens is 4. The van der Waals surface area contributed by atoms with Crippen molar-refractivity contribution in [3.8, 4) is 5.69 Å². The van der Waals surface area contributed by atoms with Crippen LogP contribution in [-0.4, -0.2) is 38.1 Å². The fourth-order valence-corrected chi connectivity index (χ4v) is 3.16. The number of para-hydroxylation sites is 1. The average molecular weight is 370 g/mol. The first-order valence-electron chi connectivity index (χ1n) is 8.24. The van der Waals surface area contributed by atoms with Crippen molar-refractivity contribution >= 4 is 17.5 Å². The Hall–Kier alpha value is -2.73. The fourth-order valence-electron chi connectivity index (χ4n) is 3.04. The summed E-state index contributed by atoms with van der Waals surface area (Å²) in [6, 6.07) is 13.0. The normalized spacial score (nSPS) is 12.0. The first-order chi connectivity index (χ1) is 12.4. The second-order valence-electron chi connectivity index (χ2n) is 6.27. The molecule has 0 saturated carbocycles. The molecule has 0 saturated heterocycles. The molecule has 134 valence electrons. The summed E-state index contributed by atoms with van der Waals surface area (Å²) in [6.07, 6.45) is 0. The maximum absolute atomic E-state index is 12.1. The van der Waals surface area contributed by atoms with Gasteiger partial charge in [-0.05, 0) is 53.1 Å². The lowest BCUT2D eigenvalue weighted by molar-refractivity contribution is -0.129. The van der Waals surface area contributed by atoms with Crippen molar-refractivity contribution < 1.29 is 4.79 Å². The molecule has 0 aliphatic carbocycles. The summed E-state index contributed by atoms with van der Waals surface area (Å²) < 4.78 is 1.71. The zero-order valence-electron chi connectivity index (χ0n) is 15.1. The van der Waals surface area contributed by atoms with E-state index < -0.39 is 6.04 Å². The van der Waals surface area contributed by atoms with Gasteiger partial charge < -0.3 is 4.90 Å². The van der Waals surface area contributed by atoms with Crippen LogP contribution in [0.15, 0.2) is 42.5 Å². The van der Waals surface area contributed by atoms with E-state index in [1.807, 2.05) is 44.2 Å². The molecule has 2 aromatic carbocycles. The minimum atomic E-state index is -0.432. The van der Waals surface area contributed by atoms with Gasteiger partial charge in [-0.1, -0.05) is 41.9 Å². The van der Waals surface area contributed by atoms with Gasteiger partial charge in [0.1, 0.15) is 6.04 Å². The van der Waals surface area contributed by atoms with E-state index in [9.17, 15) is 4.79 Å². The van der Waals surface area contributed by atoms with Crippen LogP contribution >= 0.6 is 11.6 Å². The molecule has 0 N–H and O–H groups in total. The smallest absolute Gasteiger partial charge is 0.220 e. The van der Waals surface area contributed by atoms with Crippen molar-refractivity contribution in [3.63, 3.8) is 0 Å². The maximum atomic E-state index is 12.1. The highest BCUT2D eigenvalue weighted by Crippen LogP contribution is 2.30. The van der Waals surface area contributed by atoms with Crippen molar-refractivity contribution in [2.24, 2.45) is 0 Å². The number of hydrogen-bond donors (Lipinski definition) is 0. The molecule has 26 heavy (non-hydrogen) atoms. The third kappa shape index (κ3) is 3.32. The molecule has 0 radical (unpaired) electrons. The first kappa shape index (κ1) is 18.1. The Kier molecular flexibility index (Phi) is 5.04. The van der Waals surface area contributed by atoms with Gasteiger partial charge in [-0.2, -0.15) is 4.68 Å². The summed E-state index contributed by atoms with van der Waals surface area (Å²) in [5, 5.41) is 13.0. The minimum Gasteiger partial charge on any atom is -0.332 e. The molecule has 3 rings (SSSR count). The number of rotatable bonds is 4. The van der Waals surface area contributed by atoms with Gasteiger partial charge >= 0.3 is 0 Å². The number of aryl methyl sites for hydroxylation is 2. The van der Waals surface area contributed by atoms with Gasteiger partial charge in [0.15, 0.2) is 5.82 Å². The molecule has 7 heteroatoms. The van der Waals surface area contributed by atoms with Gasteiger partial charge in [0.2, 0.25) is 5.91 Å². The second-order valence-corrected chi connectivity index (χ2v) is 6.71. The van der Waals surface area contributed by atoms with E-state index >= 15 is 0 Å². The van der Waals surface area contributed by atoms with Crippen LogP contribution in [0.3, 0.4) is 0 Å². The molecule has 1 heterocycles. The van der Waals surface area contributed by atoms with Crippen molar-refractivity contribution in [2.75, 3.05) is 7.05 Å². The van der Waals surface area contributed by atoms with Gasteiger partial charge in [0.05, 0.1) is 5.69 Å². The SMILES string of the molecule is CC(=O)N(C)C(c1ccc(Cl)cc1)c1nnnn1-c1c(C)cccc1C. The van der Waals surface area contributed by atoms with Gasteiger partial charge in [0, 0.05) is 19.0 Å². The Morgan fingerprint density at radius 3 is 2.31 bits per heavy atom. The molecule has 1 amide bonds. The number of amides is 1. The number of carbonyl (C=O) groups excluding carboxylic acids is 1. The number of benzene rings is 2. The highest BCUT2D eigenvalue weighted by Gasteiger charge is 2.28. The van der Waals surface area contributed by atoms with E-state index in [1.165, 1.54) is 6.92 Å². The predicted molar refractivity (Wildman–Crippen MR) is 100 cm³/mol. The van der Waals surface area contributed by atoms with Crippen LogP contribution in [0.1, 0.15) is 35.5 Å². The Morgan fingerprint density at radius 2 is 1.73 bits per heavy atom. The van der Waals surface area contributed by atoms with Gasteiger partial charge in [-0.3, -0.25) is 4.79 Å². The van der Waals surface area contributed by atoms with Crippen molar-refractivity contribution in [1.82, 2.24) is 25.1 Å². The number of nitrogens with zero attached hydrogens (tertiary/aromatic N) is 5. The van der Waals surface area contributed by atoms with Crippen LogP contribution in [0.25, 0.3) is 5.69 Å². The predicted octanol–water partition coefficient (Wildman–Crippen LogP) is 3.50. The first-order valence-corrected chi connectivity index (χ1v) is 8.61. The van der Waals surface area contributed by atoms with Crippen LogP contribution in [0, 0.1) is 13.8 Å². The largest absolute Gasteiger partial charge is 0.332 e. The monoisotopic (exact) mass is 369 g/mol. The van der Waals surface area contributed by atoms with Crippen LogP contribution in [0.2, 0.25) is 5.02 Å². The highest BCUT2D eigenvalue weighted by atomic mass is 35.5. The zero-order valence-corrected chi connectivity index (χ0v) is 15.9. The lowest BCUT2D eigenvalue weighted by Gasteiger charge is -2.27. The molecule has 3 aromatic rings. The summed E-state index contributed by atoms with van der Waals surface area (Å²) in [6.45, 7) is 5.55. The standard InChI is InChI=1S/C19H20ClN5O/c1-12-6-5-7-13(2)17(12)25-19(21-22-23-25)18(24(4)14(3)26)15-8-10-16(20)11-9-15/h5-11,18H,1-4H3. The zero-order chi connectivity index (χ0) is 18.8. The molecule has 6 nitrogen and oxygen atoms in total. The Balaban J connectivity index is 2.19. The molecule has 1 atom stereocenters. The summed E-state index contributed by atoms with van der Waals surface area (Å²) in [4.78, 5) is 13.7. The second kappa shape index (κ2) is 7.25. The summed E-state index contributed by atoms with van der Waals surface area (Å²) in [5.74, 6) is 0.489. The lowest BCUT2D eigenvalue weighted by atomic mass is 10.0. The third-order valence-corrected chi connectivity index (χ3v) is 4.71. The van der Waals surface area contributed by atoms with Gasteiger partial charge in [0.25, 0.3) is 0 Å². The van der Waals surface area contributed by atoms with Gasteiger partial charge in [-0.25, -0.2) is 0 Å². The fraction of sp³-hybridized carbons (Fsp3) is 0.263. The molecule has 1 unspecified atom stereocenters. The molecule has 0 spiro atoms. The van der Waals surface area contributed by atoms with Crippen LogP contribution in [0.4, 0.5) is 0 Å². The Bertz CT molecular complexity index is 915. The number of carbonyl (C=O) groups is 1. The van der Waals surface area contributed by atoms with E-state index in [0.29, 0.717) is 10.8 Å². The average Bonchev–Trinajstić information content (AvgIpc) is 3.05. The number of hydrogen-bond acceptors (Lipinski definition) is 4. The number of halogens is 1. The van der Waals surface area contributed by atoms with Crippen LogP contribution < -0.4 is 0 Å². The van der Waals surface area contributed by atoms with Crippen molar-refractivity contribution in [1.29, 1.82) is 0 Å². The molecule has 0 aliphatic heterocycles. The van der Waals surface area contributed by atoms with E-state index in [-0.39, 0.29) is 5.91 Å². The van der Waals surface area contributed by atoms with Crippen LogP contribution in [-0.2, 0) is 4.79 Å². The molecule has 0 aliphatic rings. The molecular weight excluding hydrogens is 350 g/mol. The summed E-state index contributed by atoms with van der Waals surface area (Å²) in [7, 11) is 1.74. The van der Waals surface area contributed by atoms with Gasteiger partial charge in [-0.15, -0.1) is 5.10 Å². The quantitative estimate of drug-likeness (QED) is 0.706. The Labute approximate surface area is 157 Å². The van der Waals surface area contributed by atoms with Crippen LogP contribution in [0.5, 0.6) is 0 Å². The summed E-state index contributed by atoms with van der Waals surface area (Å²) >= 11 is 6.03. The Morgan fingerprint density at radius 1 is 1.12 bits per heavy atom. The lowest BCUT2D eigenvalue weighted by Crippen LogP contribution is -2.32. The van der Waals surface area contributed by atoms with Crippen molar-refractivity contribution in [2.45, 2.75) is 26.8 Å². The number of tetrazole rings is 1. The molecular formula is C19H20ClN5O. The van der Waals surface area contributed by atoms with E-state index in [2.05, 4.69) is 15.5 Å². The van der Waals surface area contributed by atoms with E-state index in [4.69, 9.17) is 11.6 Å². The molecule has 1 aromatic heterocycles. The van der Waals surface area contributed by atoms with E-state index in [1.54, 1.807) is 28.8 Å². The highest BCUT2D eigenvalue weighted by molar-refractivity contribution is 6.30. The summed E-state index contributed by atoms with van der Waals surface area (Å²) in [5.41, 5.74) is 3.91. The molecule has 0 fully saturated rings. The van der Waals surface area contributed by atoms with E-state index in [0.717, 1.165) is 22.4 Å². The van der Waals surface area contributed by atoms with Crippen molar-refractivity contribution in [3.05, 3.63) is 70.0 Å².